The van der Waals surface area contributed by atoms with Gasteiger partial charge in [-0.15, -0.1) is 0 Å². The first-order chi connectivity index (χ1) is 8.70. The molecule has 2 rings (SSSR count). The molecule has 3 nitrogen and oxygen atoms in total. The first kappa shape index (κ1) is 13.4. The van der Waals surface area contributed by atoms with Crippen LogP contribution in [0.2, 0.25) is 0 Å². The molecule has 0 aromatic heterocycles. The Bertz CT molecular complexity index is 376. The summed E-state index contributed by atoms with van der Waals surface area (Å²) in [5, 5.41) is 3.16. The Kier molecular flexibility index (Phi) is 4.61. The minimum atomic E-state index is 0.365. The zero-order valence-corrected chi connectivity index (χ0v) is 11.6. The molecule has 3 heteroatoms. The van der Waals surface area contributed by atoms with E-state index in [1.807, 2.05) is 7.05 Å². The molecule has 1 aromatic carbocycles. The maximum Gasteiger partial charge on any atom is 0.189 e. The molecule has 18 heavy (non-hydrogen) atoms. The van der Waals surface area contributed by atoms with E-state index in [0.29, 0.717) is 6.79 Å². The minimum absolute atomic E-state index is 0.365. The number of hydrogen-bond acceptors (Lipinski definition) is 3. The van der Waals surface area contributed by atoms with Crippen molar-refractivity contribution in [3.8, 4) is 5.75 Å². The van der Waals surface area contributed by atoms with Gasteiger partial charge in [-0.05, 0) is 56.3 Å². The lowest BCUT2D eigenvalue weighted by Crippen LogP contribution is -2.09. The van der Waals surface area contributed by atoms with Crippen molar-refractivity contribution >= 4 is 0 Å². The largest absolute Gasteiger partial charge is 0.467 e. The van der Waals surface area contributed by atoms with E-state index in [4.69, 9.17) is 9.47 Å². The summed E-state index contributed by atoms with van der Waals surface area (Å²) < 4.78 is 11.3. The highest BCUT2D eigenvalue weighted by Gasteiger charge is 2.21. The van der Waals surface area contributed by atoms with E-state index in [-0.39, 0.29) is 0 Å². The molecule has 1 aromatic rings. The van der Waals surface area contributed by atoms with Crippen molar-refractivity contribution in [2.75, 3.05) is 20.4 Å². The third-order valence-corrected chi connectivity index (χ3v) is 3.24. The molecule has 1 aliphatic rings. The molecule has 0 atom stereocenters. The molecule has 1 N–H and O–H groups in total. The third kappa shape index (κ3) is 3.72. The SMILES string of the molecule is CNCc1cc(C)c(OCOCC2CC2)c(C)c1. The molecule has 0 bridgehead atoms. The summed E-state index contributed by atoms with van der Waals surface area (Å²) in [6, 6.07) is 4.33. The van der Waals surface area contributed by atoms with Crippen LogP contribution in [0.3, 0.4) is 0 Å². The van der Waals surface area contributed by atoms with Crippen molar-refractivity contribution in [2.45, 2.75) is 33.2 Å². The molecule has 1 fully saturated rings. The number of hydrogen-bond donors (Lipinski definition) is 1. The molecule has 0 amide bonds. The van der Waals surface area contributed by atoms with Gasteiger partial charge >= 0.3 is 0 Å². The molecule has 1 saturated carbocycles. The number of benzene rings is 1. The fourth-order valence-corrected chi connectivity index (χ4v) is 2.17. The van der Waals surface area contributed by atoms with E-state index < -0.39 is 0 Å². The second-order valence-corrected chi connectivity index (χ2v) is 5.17. The van der Waals surface area contributed by atoms with Gasteiger partial charge in [0, 0.05) is 6.54 Å². The van der Waals surface area contributed by atoms with Crippen LogP contribution >= 0.6 is 0 Å². The predicted molar refractivity (Wildman–Crippen MR) is 72.9 cm³/mol. The molecule has 0 saturated heterocycles. The Hall–Kier alpha value is -1.06. The maximum atomic E-state index is 5.74. The highest BCUT2D eigenvalue weighted by molar-refractivity contribution is 5.43. The van der Waals surface area contributed by atoms with Crippen molar-refractivity contribution in [1.29, 1.82) is 0 Å². The molecule has 100 valence electrons. The van der Waals surface area contributed by atoms with Gasteiger partial charge in [0.1, 0.15) is 5.75 Å². The number of nitrogens with one attached hydrogen (secondary N) is 1. The predicted octanol–water partition coefficient (Wildman–Crippen LogP) is 2.79. The molecule has 0 heterocycles. The van der Waals surface area contributed by atoms with Crippen molar-refractivity contribution in [3.05, 3.63) is 28.8 Å². The van der Waals surface area contributed by atoms with E-state index in [2.05, 4.69) is 31.3 Å². The fourth-order valence-electron chi connectivity index (χ4n) is 2.17. The Labute approximate surface area is 109 Å². The van der Waals surface area contributed by atoms with Gasteiger partial charge in [-0.3, -0.25) is 0 Å². The van der Waals surface area contributed by atoms with Crippen LogP contribution in [0.15, 0.2) is 12.1 Å². The van der Waals surface area contributed by atoms with Crippen molar-refractivity contribution in [3.63, 3.8) is 0 Å². The zero-order valence-electron chi connectivity index (χ0n) is 11.6. The highest BCUT2D eigenvalue weighted by Crippen LogP contribution is 2.29. The zero-order chi connectivity index (χ0) is 13.0. The van der Waals surface area contributed by atoms with Gasteiger partial charge in [0.15, 0.2) is 6.79 Å². The number of aryl methyl sites for hydroxylation is 2. The van der Waals surface area contributed by atoms with Crippen molar-refractivity contribution in [1.82, 2.24) is 5.32 Å². The smallest absolute Gasteiger partial charge is 0.189 e. The van der Waals surface area contributed by atoms with Crippen LogP contribution in [0.25, 0.3) is 0 Å². The van der Waals surface area contributed by atoms with Gasteiger partial charge in [0.2, 0.25) is 0 Å². The summed E-state index contributed by atoms with van der Waals surface area (Å²) in [4.78, 5) is 0. The Morgan fingerprint density at radius 3 is 2.44 bits per heavy atom. The average Bonchev–Trinajstić information content (AvgIpc) is 3.11. The molecule has 0 spiro atoms. The molecular weight excluding hydrogens is 226 g/mol. The summed E-state index contributed by atoms with van der Waals surface area (Å²) in [5.74, 6) is 1.75. The Morgan fingerprint density at radius 1 is 1.22 bits per heavy atom. The van der Waals surface area contributed by atoms with Gasteiger partial charge < -0.3 is 14.8 Å². The Morgan fingerprint density at radius 2 is 1.89 bits per heavy atom. The normalized spacial score (nSPS) is 14.8. The highest BCUT2D eigenvalue weighted by atomic mass is 16.7. The first-order valence-electron chi connectivity index (χ1n) is 6.66. The quantitative estimate of drug-likeness (QED) is 0.595. The molecular formula is C15H23NO2. The van der Waals surface area contributed by atoms with Crippen LogP contribution in [-0.2, 0) is 11.3 Å². The van der Waals surface area contributed by atoms with E-state index in [9.17, 15) is 0 Å². The maximum absolute atomic E-state index is 5.74. The summed E-state index contributed by atoms with van der Waals surface area (Å²) in [5.41, 5.74) is 3.64. The van der Waals surface area contributed by atoms with Crippen LogP contribution in [0.4, 0.5) is 0 Å². The van der Waals surface area contributed by atoms with E-state index in [1.54, 1.807) is 0 Å². The van der Waals surface area contributed by atoms with E-state index in [0.717, 1.165) is 24.8 Å². The standard InChI is InChI=1S/C15H23NO2/c1-11-6-14(8-16-3)7-12(2)15(11)18-10-17-9-13-4-5-13/h6-7,13,16H,4-5,8-10H2,1-3H3. The lowest BCUT2D eigenvalue weighted by molar-refractivity contribution is 0.00922. The molecule has 0 unspecified atom stereocenters. The summed E-state index contributed by atoms with van der Waals surface area (Å²) in [7, 11) is 1.96. The summed E-state index contributed by atoms with van der Waals surface area (Å²) >= 11 is 0. The molecule has 1 aliphatic carbocycles. The number of ether oxygens (including phenoxy) is 2. The fraction of sp³-hybridized carbons (Fsp3) is 0.600. The van der Waals surface area contributed by atoms with Gasteiger partial charge in [-0.1, -0.05) is 12.1 Å². The second-order valence-electron chi connectivity index (χ2n) is 5.17. The second kappa shape index (κ2) is 6.21. The Balaban J connectivity index is 1.89. The topological polar surface area (TPSA) is 30.5 Å². The van der Waals surface area contributed by atoms with Gasteiger partial charge in [-0.25, -0.2) is 0 Å². The minimum Gasteiger partial charge on any atom is -0.467 e. The lowest BCUT2D eigenvalue weighted by atomic mass is 10.1. The third-order valence-electron chi connectivity index (χ3n) is 3.24. The number of rotatable bonds is 7. The average molecular weight is 249 g/mol. The van der Waals surface area contributed by atoms with Crippen LogP contribution in [-0.4, -0.2) is 20.4 Å². The van der Waals surface area contributed by atoms with Crippen LogP contribution < -0.4 is 10.1 Å². The van der Waals surface area contributed by atoms with Gasteiger partial charge in [0.05, 0.1) is 6.61 Å². The monoisotopic (exact) mass is 249 g/mol. The molecule has 0 aliphatic heterocycles. The van der Waals surface area contributed by atoms with E-state index in [1.165, 1.54) is 29.5 Å². The van der Waals surface area contributed by atoms with Crippen molar-refractivity contribution in [2.24, 2.45) is 5.92 Å². The first-order valence-corrected chi connectivity index (χ1v) is 6.66. The van der Waals surface area contributed by atoms with E-state index >= 15 is 0 Å². The van der Waals surface area contributed by atoms with Crippen molar-refractivity contribution < 1.29 is 9.47 Å². The van der Waals surface area contributed by atoms with Gasteiger partial charge in [-0.2, -0.15) is 0 Å². The molecule has 0 radical (unpaired) electrons. The van der Waals surface area contributed by atoms with Crippen LogP contribution in [0.5, 0.6) is 5.75 Å². The summed E-state index contributed by atoms with van der Waals surface area (Å²) in [6.45, 7) is 6.27. The van der Waals surface area contributed by atoms with Crippen LogP contribution in [0, 0.1) is 19.8 Å². The van der Waals surface area contributed by atoms with Gasteiger partial charge in [0.25, 0.3) is 0 Å². The van der Waals surface area contributed by atoms with Crippen LogP contribution in [0.1, 0.15) is 29.5 Å². The lowest BCUT2D eigenvalue weighted by Gasteiger charge is -2.14. The summed E-state index contributed by atoms with van der Waals surface area (Å²) in [6.07, 6.45) is 2.63.